The van der Waals surface area contributed by atoms with E-state index in [1.807, 2.05) is 0 Å². The second-order valence-electron chi connectivity index (χ2n) is 2.86. The first-order chi connectivity index (χ1) is 6.99. The van der Waals surface area contributed by atoms with E-state index in [4.69, 9.17) is 16.3 Å². The van der Waals surface area contributed by atoms with Crippen molar-refractivity contribution < 1.29 is 17.9 Å². The van der Waals surface area contributed by atoms with Gasteiger partial charge in [-0.3, -0.25) is 0 Å². The van der Waals surface area contributed by atoms with Gasteiger partial charge in [0.25, 0.3) is 0 Å². The number of hydrogen-bond acceptors (Lipinski definition) is 2. The van der Waals surface area contributed by atoms with Crippen molar-refractivity contribution in [3.8, 4) is 5.88 Å². The Morgan fingerprint density at radius 1 is 1.40 bits per heavy atom. The molecule has 0 fully saturated rings. The van der Waals surface area contributed by atoms with Gasteiger partial charge in [-0.15, -0.1) is 0 Å². The fourth-order valence-corrected chi connectivity index (χ4v) is 1.09. The number of aromatic nitrogens is 1. The van der Waals surface area contributed by atoms with E-state index in [1.165, 1.54) is 6.20 Å². The van der Waals surface area contributed by atoms with Crippen LogP contribution in [-0.4, -0.2) is 17.8 Å². The average molecular weight is 240 g/mol. The highest BCUT2D eigenvalue weighted by Crippen LogP contribution is 2.23. The molecule has 0 aliphatic rings. The van der Waals surface area contributed by atoms with E-state index in [9.17, 15) is 13.2 Å². The van der Waals surface area contributed by atoms with Crippen LogP contribution in [0.1, 0.15) is 12.8 Å². The van der Waals surface area contributed by atoms with E-state index < -0.39 is 12.6 Å². The molecule has 0 unspecified atom stereocenters. The Morgan fingerprint density at radius 3 is 2.73 bits per heavy atom. The van der Waals surface area contributed by atoms with Gasteiger partial charge in [0.15, 0.2) is 0 Å². The van der Waals surface area contributed by atoms with Gasteiger partial charge in [-0.1, -0.05) is 11.6 Å². The first kappa shape index (κ1) is 12.1. The molecule has 0 bridgehead atoms. The molecule has 84 valence electrons. The van der Waals surface area contributed by atoms with Crippen LogP contribution in [0.3, 0.4) is 0 Å². The van der Waals surface area contributed by atoms with E-state index >= 15 is 0 Å². The summed E-state index contributed by atoms with van der Waals surface area (Å²) in [5.41, 5.74) is 0. The molecule has 0 saturated carbocycles. The quantitative estimate of drug-likeness (QED) is 0.751. The van der Waals surface area contributed by atoms with Crippen molar-refractivity contribution in [1.29, 1.82) is 0 Å². The lowest BCUT2D eigenvalue weighted by atomic mass is 10.3. The van der Waals surface area contributed by atoms with Crippen LogP contribution in [-0.2, 0) is 0 Å². The maximum absolute atomic E-state index is 11.8. The van der Waals surface area contributed by atoms with E-state index in [1.54, 1.807) is 12.1 Å². The molecule has 0 aromatic carbocycles. The normalized spacial score (nSPS) is 11.5. The lowest BCUT2D eigenvalue weighted by Gasteiger charge is -2.07. The van der Waals surface area contributed by atoms with Crippen molar-refractivity contribution in [3.63, 3.8) is 0 Å². The fourth-order valence-electron chi connectivity index (χ4n) is 0.919. The topological polar surface area (TPSA) is 22.1 Å². The molecule has 6 heteroatoms. The predicted molar refractivity (Wildman–Crippen MR) is 50.0 cm³/mol. The summed E-state index contributed by atoms with van der Waals surface area (Å²) in [6.07, 6.45) is -3.64. The van der Waals surface area contributed by atoms with Gasteiger partial charge in [-0.2, -0.15) is 13.2 Å². The molecule has 0 spiro atoms. The van der Waals surface area contributed by atoms with E-state index in [0.29, 0.717) is 5.02 Å². The molecular weight excluding hydrogens is 231 g/mol. The van der Waals surface area contributed by atoms with Crippen molar-refractivity contribution in [3.05, 3.63) is 23.4 Å². The molecule has 0 aliphatic heterocycles. The predicted octanol–water partition coefficient (Wildman–Crippen LogP) is 3.46. The molecular formula is C9H9ClF3NO. The maximum atomic E-state index is 11.8. The van der Waals surface area contributed by atoms with E-state index in [-0.39, 0.29) is 18.9 Å². The van der Waals surface area contributed by atoms with Gasteiger partial charge >= 0.3 is 6.18 Å². The summed E-state index contributed by atoms with van der Waals surface area (Å²) in [6.45, 7) is -0.0454. The SMILES string of the molecule is FC(F)(F)CCCOc1ncccc1Cl. The molecule has 2 nitrogen and oxygen atoms in total. The Bertz CT molecular complexity index is 316. The minimum Gasteiger partial charge on any atom is -0.477 e. The third-order valence-electron chi connectivity index (χ3n) is 1.57. The molecule has 0 saturated heterocycles. The third-order valence-corrected chi connectivity index (χ3v) is 1.86. The number of ether oxygens (including phenoxy) is 1. The zero-order valence-electron chi connectivity index (χ0n) is 7.72. The number of alkyl halides is 3. The number of hydrogen-bond donors (Lipinski definition) is 0. The van der Waals surface area contributed by atoms with Gasteiger partial charge in [0.2, 0.25) is 5.88 Å². The standard InChI is InChI=1S/C9H9ClF3NO/c10-7-3-1-5-14-8(7)15-6-2-4-9(11,12)13/h1,3,5H,2,4,6H2. The number of halogens is 4. The summed E-state index contributed by atoms with van der Waals surface area (Å²) in [5, 5.41) is 0.296. The first-order valence-corrected chi connectivity index (χ1v) is 4.67. The zero-order valence-corrected chi connectivity index (χ0v) is 8.48. The third kappa shape index (κ3) is 4.88. The largest absolute Gasteiger partial charge is 0.477 e. The molecule has 0 aliphatic carbocycles. The second kappa shape index (κ2) is 5.21. The smallest absolute Gasteiger partial charge is 0.389 e. The minimum atomic E-state index is -4.14. The van der Waals surface area contributed by atoms with Gasteiger partial charge in [0, 0.05) is 12.6 Å². The number of rotatable bonds is 4. The van der Waals surface area contributed by atoms with Gasteiger partial charge in [0.1, 0.15) is 5.02 Å². The molecule has 1 aromatic rings. The maximum Gasteiger partial charge on any atom is 0.389 e. The van der Waals surface area contributed by atoms with Crippen molar-refractivity contribution in [2.45, 2.75) is 19.0 Å². The molecule has 1 heterocycles. The molecule has 1 rings (SSSR count). The van der Waals surface area contributed by atoms with Crippen LogP contribution in [0.5, 0.6) is 5.88 Å². The molecule has 0 amide bonds. The van der Waals surface area contributed by atoms with Crippen LogP contribution in [0.25, 0.3) is 0 Å². The summed E-state index contributed by atoms with van der Waals surface area (Å²) < 4.78 is 40.3. The van der Waals surface area contributed by atoms with Gasteiger partial charge in [0.05, 0.1) is 6.61 Å². The number of pyridine rings is 1. The van der Waals surface area contributed by atoms with Crippen molar-refractivity contribution in [1.82, 2.24) is 4.98 Å². The lowest BCUT2D eigenvalue weighted by Crippen LogP contribution is -2.10. The summed E-state index contributed by atoms with van der Waals surface area (Å²) in [7, 11) is 0. The van der Waals surface area contributed by atoms with Crippen molar-refractivity contribution in [2.24, 2.45) is 0 Å². The minimum absolute atomic E-state index is 0.0454. The highest BCUT2D eigenvalue weighted by atomic mass is 35.5. The van der Waals surface area contributed by atoms with Crippen LogP contribution in [0.2, 0.25) is 5.02 Å². The van der Waals surface area contributed by atoms with Crippen molar-refractivity contribution in [2.75, 3.05) is 6.61 Å². The highest BCUT2D eigenvalue weighted by Gasteiger charge is 2.26. The van der Waals surface area contributed by atoms with E-state index in [0.717, 1.165) is 0 Å². The van der Waals surface area contributed by atoms with Crippen LogP contribution in [0.4, 0.5) is 13.2 Å². The van der Waals surface area contributed by atoms with Crippen LogP contribution in [0, 0.1) is 0 Å². The summed E-state index contributed by atoms with van der Waals surface area (Å²) in [4.78, 5) is 3.78. The Hall–Kier alpha value is -0.970. The van der Waals surface area contributed by atoms with Crippen molar-refractivity contribution >= 4 is 11.6 Å². The molecule has 0 N–H and O–H groups in total. The number of nitrogens with zero attached hydrogens (tertiary/aromatic N) is 1. The fraction of sp³-hybridized carbons (Fsp3) is 0.444. The van der Waals surface area contributed by atoms with Gasteiger partial charge in [-0.05, 0) is 18.6 Å². The lowest BCUT2D eigenvalue weighted by molar-refractivity contribution is -0.136. The molecule has 1 aromatic heterocycles. The summed E-state index contributed by atoms with van der Waals surface area (Å²) >= 11 is 5.68. The second-order valence-corrected chi connectivity index (χ2v) is 3.26. The van der Waals surface area contributed by atoms with Crippen LogP contribution in [0.15, 0.2) is 18.3 Å². The summed E-state index contributed by atoms with van der Waals surface area (Å²) in [5.74, 6) is 0.168. The Kier molecular flexibility index (Phi) is 4.20. The molecule has 0 atom stereocenters. The summed E-state index contributed by atoms with van der Waals surface area (Å²) in [6, 6.07) is 3.18. The van der Waals surface area contributed by atoms with Crippen LogP contribution < -0.4 is 4.74 Å². The van der Waals surface area contributed by atoms with E-state index in [2.05, 4.69) is 4.98 Å². The Morgan fingerprint density at radius 2 is 2.13 bits per heavy atom. The molecule has 15 heavy (non-hydrogen) atoms. The van der Waals surface area contributed by atoms with Gasteiger partial charge in [-0.25, -0.2) is 4.98 Å². The zero-order chi connectivity index (χ0) is 11.3. The monoisotopic (exact) mass is 239 g/mol. The highest BCUT2D eigenvalue weighted by molar-refractivity contribution is 6.31. The first-order valence-electron chi connectivity index (χ1n) is 4.29. The Labute approximate surface area is 90.0 Å². The Balaban J connectivity index is 2.30. The van der Waals surface area contributed by atoms with Crippen LogP contribution >= 0.6 is 11.6 Å². The van der Waals surface area contributed by atoms with Gasteiger partial charge < -0.3 is 4.74 Å². The average Bonchev–Trinajstić information content (AvgIpc) is 2.13. The molecule has 0 radical (unpaired) electrons.